The molecule has 1 fully saturated rings. The number of benzene rings is 2. The van der Waals surface area contributed by atoms with Gasteiger partial charge in [0.1, 0.15) is 6.61 Å². The van der Waals surface area contributed by atoms with Crippen LogP contribution in [0.4, 0.5) is 5.69 Å². The first kappa shape index (κ1) is 19.1. The van der Waals surface area contributed by atoms with Gasteiger partial charge in [-0.15, -0.1) is 0 Å². The highest BCUT2D eigenvalue weighted by Gasteiger charge is 2.27. The Balaban J connectivity index is 1.58. The molecular formula is C22H26N2O3. The maximum Gasteiger partial charge on any atom is 0.253 e. The van der Waals surface area contributed by atoms with Crippen LogP contribution in [0.1, 0.15) is 36.7 Å². The van der Waals surface area contributed by atoms with Gasteiger partial charge < -0.3 is 15.0 Å². The number of carbonyl (C=O) groups excluding carboxylic acids is 2. The zero-order valence-corrected chi connectivity index (χ0v) is 16.1. The quantitative estimate of drug-likeness (QED) is 0.904. The Labute approximate surface area is 160 Å². The number of anilines is 1. The fourth-order valence-electron chi connectivity index (χ4n) is 3.04. The third kappa shape index (κ3) is 4.74. The van der Waals surface area contributed by atoms with Crippen LogP contribution in [0.2, 0.25) is 0 Å². The molecule has 0 aliphatic carbocycles. The number of nitrogens with zero attached hydrogens (tertiary/aromatic N) is 1. The van der Waals surface area contributed by atoms with Crippen molar-refractivity contribution in [2.24, 2.45) is 0 Å². The largest absolute Gasteiger partial charge is 0.365 e. The summed E-state index contributed by atoms with van der Waals surface area (Å²) in [5, 5.41) is 2.91. The van der Waals surface area contributed by atoms with E-state index in [9.17, 15) is 9.59 Å². The SMILES string of the molecule is CC(C)(C)c1ccc(C(=O)NCC2CN(c3ccccc3)C(=O)CO2)cc1. The lowest BCUT2D eigenvalue weighted by Crippen LogP contribution is -2.50. The van der Waals surface area contributed by atoms with Crippen LogP contribution in [0.5, 0.6) is 0 Å². The number of para-hydroxylation sites is 1. The maximum atomic E-state index is 12.4. The average molecular weight is 366 g/mol. The van der Waals surface area contributed by atoms with Crippen molar-refractivity contribution in [2.45, 2.75) is 32.3 Å². The Bertz CT molecular complexity index is 795. The fraction of sp³-hybridized carbons (Fsp3) is 0.364. The van der Waals surface area contributed by atoms with Gasteiger partial charge in [-0.1, -0.05) is 51.1 Å². The minimum Gasteiger partial charge on any atom is -0.365 e. The van der Waals surface area contributed by atoms with Crippen molar-refractivity contribution in [2.75, 3.05) is 24.6 Å². The summed E-state index contributed by atoms with van der Waals surface area (Å²) in [5.41, 5.74) is 2.71. The molecule has 0 saturated carbocycles. The lowest BCUT2D eigenvalue weighted by molar-refractivity contribution is -0.129. The van der Waals surface area contributed by atoms with Crippen molar-refractivity contribution in [3.05, 3.63) is 65.7 Å². The van der Waals surface area contributed by atoms with E-state index in [1.807, 2.05) is 54.6 Å². The first-order chi connectivity index (χ1) is 12.8. The third-order valence-electron chi connectivity index (χ3n) is 4.70. The Morgan fingerprint density at radius 1 is 1.11 bits per heavy atom. The van der Waals surface area contributed by atoms with Crippen LogP contribution < -0.4 is 10.2 Å². The summed E-state index contributed by atoms with van der Waals surface area (Å²) < 4.78 is 5.59. The number of amides is 2. The molecule has 27 heavy (non-hydrogen) atoms. The molecule has 2 amide bonds. The monoisotopic (exact) mass is 366 g/mol. The number of hydrogen-bond acceptors (Lipinski definition) is 3. The van der Waals surface area contributed by atoms with Crippen LogP contribution in [0.15, 0.2) is 54.6 Å². The zero-order chi connectivity index (χ0) is 19.4. The lowest BCUT2D eigenvalue weighted by Gasteiger charge is -2.32. The van der Waals surface area contributed by atoms with E-state index in [-0.39, 0.29) is 29.9 Å². The molecule has 1 aliphatic heterocycles. The van der Waals surface area contributed by atoms with Crippen LogP contribution in [0, 0.1) is 0 Å². The van der Waals surface area contributed by atoms with Gasteiger partial charge in [-0.25, -0.2) is 0 Å². The molecule has 5 nitrogen and oxygen atoms in total. The van der Waals surface area contributed by atoms with Crippen molar-refractivity contribution < 1.29 is 14.3 Å². The van der Waals surface area contributed by atoms with Gasteiger partial charge in [-0.2, -0.15) is 0 Å². The molecule has 5 heteroatoms. The number of carbonyl (C=O) groups is 2. The Morgan fingerprint density at radius 2 is 1.78 bits per heavy atom. The summed E-state index contributed by atoms with van der Waals surface area (Å²) >= 11 is 0. The minimum absolute atomic E-state index is 0.0235. The highest BCUT2D eigenvalue weighted by molar-refractivity contribution is 5.95. The summed E-state index contributed by atoms with van der Waals surface area (Å²) in [6.07, 6.45) is -0.235. The molecule has 0 spiro atoms. The van der Waals surface area contributed by atoms with E-state index >= 15 is 0 Å². The number of nitrogens with one attached hydrogen (secondary N) is 1. The molecule has 0 bridgehead atoms. The molecule has 1 atom stereocenters. The maximum absolute atomic E-state index is 12.4. The van der Waals surface area contributed by atoms with Crippen molar-refractivity contribution >= 4 is 17.5 Å². The first-order valence-corrected chi connectivity index (χ1v) is 9.20. The molecule has 2 aromatic carbocycles. The smallest absolute Gasteiger partial charge is 0.253 e. The van der Waals surface area contributed by atoms with E-state index in [1.165, 1.54) is 5.56 Å². The first-order valence-electron chi connectivity index (χ1n) is 9.20. The fourth-order valence-corrected chi connectivity index (χ4v) is 3.04. The molecule has 3 rings (SSSR count). The molecule has 1 N–H and O–H groups in total. The van der Waals surface area contributed by atoms with E-state index in [4.69, 9.17) is 4.74 Å². The van der Waals surface area contributed by atoms with Gasteiger partial charge in [0.2, 0.25) is 0 Å². The summed E-state index contributed by atoms with van der Waals surface area (Å²) in [5.74, 6) is -0.205. The number of ether oxygens (including phenoxy) is 1. The van der Waals surface area contributed by atoms with Crippen LogP contribution in [0.3, 0.4) is 0 Å². The van der Waals surface area contributed by atoms with Crippen LogP contribution in [-0.2, 0) is 14.9 Å². The minimum atomic E-state index is -0.235. The van der Waals surface area contributed by atoms with Crippen LogP contribution >= 0.6 is 0 Å². The summed E-state index contributed by atoms with van der Waals surface area (Å²) in [6.45, 7) is 7.23. The van der Waals surface area contributed by atoms with Crippen LogP contribution in [-0.4, -0.2) is 37.6 Å². The topological polar surface area (TPSA) is 58.6 Å². The third-order valence-corrected chi connectivity index (χ3v) is 4.70. The molecule has 0 radical (unpaired) electrons. The second-order valence-corrected chi connectivity index (χ2v) is 7.81. The lowest BCUT2D eigenvalue weighted by atomic mass is 9.87. The normalized spacial score (nSPS) is 17.7. The summed E-state index contributed by atoms with van der Waals surface area (Å²) in [7, 11) is 0. The number of hydrogen-bond donors (Lipinski definition) is 1. The standard InChI is InChI=1S/C22H26N2O3/c1-22(2,3)17-11-9-16(10-12-17)21(26)23-13-19-14-24(20(25)15-27-19)18-7-5-4-6-8-18/h4-12,19H,13-15H2,1-3H3,(H,23,26). The number of rotatable bonds is 4. The number of morpholine rings is 1. The van der Waals surface area contributed by atoms with Gasteiger partial charge in [0.25, 0.3) is 11.8 Å². The molecule has 2 aromatic rings. The predicted octanol–water partition coefficient (Wildman–Crippen LogP) is 3.15. The van der Waals surface area contributed by atoms with Crippen molar-refractivity contribution in [3.63, 3.8) is 0 Å². The van der Waals surface area contributed by atoms with Gasteiger partial charge in [0, 0.05) is 17.8 Å². The molecule has 1 heterocycles. The van der Waals surface area contributed by atoms with Gasteiger partial charge >= 0.3 is 0 Å². The van der Waals surface area contributed by atoms with E-state index in [1.54, 1.807) is 4.90 Å². The van der Waals surface area contributed by atoms with Crippen molar-refractivity contribution in [1.82, 2.24) is 5.32 Å². The van der Waals surface area contributed by atoms with E-state index < -0.39 is 0 Å². The van der Waals surface area contributed by atoms with Gasteiger partial charge in [-0.05, 0) is 35.2 Å². The predicted molar refractivity (Wildman–Crippen MR) is 106 cm³/mol. The zero-order valence-electron chi connectivity index (χ0n) is 16.1. The average Bonchev–Trinajstić information content (AvgIpc) is 2.67. The van der Waals surface area contributed by atoms with Gasteiger partial charge in [0.05, 0.1) is 12.6 Å². The van der Waals surface area contributed by atoms with E-state index in [0.717, 1.165) is 5.69 Å². The molecule has 1 aliphatic rings. The summed E-state index contributed by atoms with van der Waals surface area (Å²) in [4.78, 5) is 26.3. The van der Waals surface area contributed by atoms with Crippen molar-refractivity contribution in [3.8, 4) is 0 Å². The molecule has 142 valence electrons. The summed E-state index contributed by atoms with van der Waals surface area (Å²) in [6, 6.07) is 17.2. The van der Waals surface area contributed by atoms with Gasteiger partial charge in [-0.3, -0.25) is 9.59 Å². The molecule has 0 aromatic heterocycles. The highest BCUT2D eigenvalue weighted by Crippen LogP contribution is 2.22. The van der Waals surface area contributed by atoms with Gasteiger partial charge in [0.15, 0.2) is 0 Å². The Kier molecular flexibility index (Phi) is 5.61. The van der Waals surface area contributed by atoms with E-state index in [0.29, 0.717) is 18.7 Å². The molecule has 1 unspecified atom stereocenters. The molecular weight excluding hydrogens is 340 g/mol. The highest BCUT2D eigenvalue weighted by atomic mass is 16.5. The Hall–Kier alpha value is -2.66. The second-order valence-electron chi connectivity index (χ2n) is 7.81. The Morgan fingerprint density at radius 3 is 2.41 bits per heavy atom. The van der Waals surface area contributed by atoms with Crippen molar-refractivity contribution in [1.29, 1.82) is 0 Å². The second kappa shape index (κ2) is 7.92. The van der Waals surface area contributed by atoms with E-state index in [2.05, 4.69) is 26.1 Å². The molecule has 1 saturated heterocycles. The van der Waals surface area contributed by atoms with Crippen LogP contribution in [0.25, 0.3) is 0 Å².